The molecule has 1 heterocycles. The Morgan fingerprint density at radius 2 is 1.93 bits per heavy atom. The highest BCUT2D eigenvalue weighted by atomic mass is 16.6. The smallest absolute Gasteiger partial charge is 0.340 e. The van der Waals surface area contributed by atoms with Crippen molar-refractivity contribution < 1.29 is 14.5 Å². The lowest BCUT2D eigenvalue weighted by atomic mass is 10.1. The molecule has 2 aromatic rings. The molecule has 0 radical (unpaired) electrons. The quantitative estimate of drug-likeness (QED) is 0.437. The second-order valence-corrected chi connectivity index (χ2v) is 6.88. The molecule has 2 aromatic carbocycles. The molecule has 1 aliphatic rings. The summed E-state index contributed by atoms with van der Waals surface area (Å²) in [6, 6.07) is 14.0. The molecule has 0 unspecified atom stereocenters. The standard InChI is InChI=1S/C21H22N4O4/c1-29-21(26)19-13-18(25(27)28)7-8-20(19)24-10-2-9-23(11-12-24)15-17-5-3-16(14-22)4-6-17/h3-8,13H,2,9-12,15H2,1H3. The molecular formula is C21H22N4O4. The van der Waals surface area contributed by atoms with E-state index in [1.165, 1.54) is 19.2 Å². The number of non-ortho nitro benzene ring substituents is 1. The predicted octanol–water partition coefficient (Wildman–Crippen LogP) is 2.97. The number of esters is 1. The molecule has 8 heteroatoms. The van der Waals surface area contributed by atoms with Gasteiger partial charge in [0.15, 0.2) is 0 Å². The number of nitro benzene ring substituents is 1. The number of rotatable bonds is 5. The van der Waals surface area contributed by atoms with Crippen LogP contribution < -0.4 is 4.90 Å². The minimum Gasteiger partial charge on any atom is -0.465 e. The largest absolute Gasteiger partial charge is 0.465 e. The molecule has 0 saturated carbocycles. The average molecular weight is 394 g/mol. The van der Waals surface area contributed by atoms with E-state index >= 15 is 0 Å². The highest BCUT2D eigenvalue weighted by molar-refractivity contribution is 5.96. The number of hydrogen-bond acceptors (Lipinski definition) is 7. The SMILES string of the molecule is COC(=O)c1cc([N+](=O)[O-])ccc1N1CCCN(Cc2ccc(C#N)cc2)CC1. The Kier molecular flexibility index (Phi) is 6.42. The second-order valence-electron chi connectivity index (χ2n) is 6.88. The van der Waals surface area contributed by atoms with Crippen molar-refractivity contribution in [2.24, 2.45) is 0 Å². The molecule has 0 bridgehead atoms. The van der Waals surface area contributed by atoms with E-state index in [4.69, 9.17) is 10.00 Å². The molecule has 1 saturated heterocycles. The summed E-state index contributed by atoms with van der Waals surface area (Å²) < 4.78 is 4.83. The number of hydrogen-bond donors (Lipinski definition) is 0. The van der Waals surface area contributed by atoms with E-state index in [2.05, 4.69) is 15.9 Å². The summed E-state index contributed by atoms with van der Waals surface area (Å²) in [5.41, 5.74) is 2.52. The van der Waals surface area contributed by atoms with Gasteiger partial charge in [-0.1, -0.05) is 12.1 Å². The first-order valence-corrected chi connectivity index (χ1v) is 9.35. The normalized spacial score (nSPS) is 14.7. The van der Waals surface area contributed by atoms with Gasteiger partial charge < -0.3 is 9.64 Å². The summed E-state index contributed by atoms with van der Waals surface area (Å²) in [4.78, 5) is 27.2. The van der Waals surface area contributed by atoms with Gasteiger partial charge in [0.1, 0.15) is 0 Å². The Hall–Kier alpha value is -3.44. The van der Waals surface area contributed by atoms with Crippen LogP contribution in [0.2, 0.25) is 0 Å². The maximum absolute atomic E-state index is 12.2. The molecule has 0 spiro atoms. The minimum absolute atomic E-state index is 0.133. The van der Waals surface area contributed by atoms with Crippen molar-refractivity contribution in [2.75, 3.05) is 38.2 Å². The lowest BCUT2D eigenvalue weighted by Crippen LogP contribution is -2.31. The first-order valence-electron chi connectivity index (χ1n) is 9.35. The van der Waals surface area contributed by atoms with E-state index in [1.807, 2.05) is 24.3 Å². The summed E-state index contributed by atoms with van der Waals surface area (Å²) in [6.07, 6.45) is 0.897. The van der Waals surface area contributed by atoms with Gasteiger partial charge in [-0.15, -0.1) is 0 Å². The third-order valence-electron chi connectivity index (χ3n) is 5.01. The summed E-state index contributed by atoms with van der Waals surface area (Å²) in [5.74, 6) is -0.581. The molecule has 0 N–H and O–H groups in total. The molecular weight excluding hydrogens is 372 g/mol. The fourth-order valence-electron chi connectivity index (χ4n) is 3.50. The van der Waals surface area contributed by atoms with Crippen molar-refractivity contribution >= 4 is 17.3 Å². The molecule has 1 aliphatic heterocycles. The molecule has 29 heavy (non-hydrogen) atoms. The van der Waals surface area contributed by atoms with Crippen LogP contribution in [0.15, 0.2) is 42.5 Å². The molecule has 0 atom stereocenters. The highest BCUT2D eigenvalue weighted by Gasteiger charge is 2.23. The van der Waals surface area contributed by atoms with Crippen molar-refractivity contribution in [1.82, 2.24) is 4.90 Å². The number of nitriles is 1. The number of anilines is 1. The van der Waals surface area contributed by atoms with Crippen LogP contribution >= 0.6 is 0 Å². The van der Waals surface area contributed by atoms with Crippen molar-refractivity contribution in [3.8, 4) is 6.07 Å². The van der Waals surface area contributed by atoms with E-state index in [0.29, 0.717) is 17.8 Å². The van der Waals surface area contributed by atoms with Crippen LogP contribution in [0.5, 0.6) is 0 Å². The number of nitro groups is 1. The van der Waals surface area contributed by atoms with Gasteiger partial charge in [0.25, 0.3) is 5.69 Å². The zero-order valence-electron chi connectivity index (χ0n) is 16.2. The second kappa shape index (κ2) is 9.17. The van der Waals surface area contributed by atoms with E-state index < -0.39 is 10.9 Å². The molecule has 150 valence electrons. The van der Waals surface area contributed by atoms with Crippen molar-refractivity contribution in [3.05, 3.63) is 69.3 Å². The summed E-state index contributed by atoms with van der Waals surface area (Å²) in [6.45, 7) is 3.90. The van der Waals surface area contributed by atoms with Gasteiger partial charge in [0, 0.05) is 44.9 Å². The number of carbonyl (C=O) groups is 1. The summed E-state index contributed by atoms with van der Waals surface area (Å²) in [5, 5.41) is 20.0. The molecule has 0 amide bonds. The fraction of sp³-hybridized carbons (Fsp3) is 0.333. The van der Waals surface area contributed by atoms with Gasteiger partial charge in [-0.2, -0.15) is 5.26 Å². The predicted molar refractivity (Wildman–Crippen MR) is 108 cm³/mol. The van der Waals surface area contributed by atoms with E-state index in [1.54, 1.807) is 6.07 Å². The Balaban J connectivity index is 1.74. The lowest BCUT2D eigenvalue weighted by Gasteiger charge is -2.25. The van der Waals surface area contributed by atoms with E-state index in [0.717, 1.165) is 38.2 Å². The monoisotopic (exact) mass is 394 g/mol. The van der Waals surface area contributed by atoms with Crippen LogP contribution in [0, 0.1) is 21.4 Å². The van der Waals surface area contributed by atoms with Crippen molar-refractivity contribution in [2.45, 2.75) is 13.0 Å². The number of benzene rings is 2. The van der Waals surface area contributed by atoms with Crippen LogP contribution in [0.25, 0.3) is 0 Å². The Bertz CT molecular complexity index is 937. The van der Waals surface area contributed by atoms with Gasteiger partial charge in [-0.25, -0.2) is 4.79 Å². The lowest BCUT2D eigenvalue weighted by molar-refractivity contribution is -0.384. The average Bonchev–Trinajstić information content (AvgIpc) is 2.98. The van der Waals surface area contributed by atoms with Gasteiger partial charge in [-0.05, 0) is 30.2 Å². The minimum atomic E-state index is -0.581. The molecule has 0 aromatic heterocycles. The number of nitrogens with zero attached hydrogens (tertiary/aromatic N) is 4. The molecule has 3 rings (SSSR count). The first-order chi connectivity index (χ1) is 14.0. The first kappa shape index (κ1) is 20.3. The van der Waals surface area contributed by atoms with Crippen LogP contribution in [0.4, 0.5) is 11.4 Å². The van der Waals surface area contributed by atoms with Gasteiger partial charge in [-0.3, -0.25) is 15.0 Å². The maximum atomic E-state index is 12.2. The van der Waals surface area contributed by atoms with Crippen LogP contribution in [-0.4, -0.2) is 49.1 Å². The molecule has 8 nitrogen and oxygen atoms in total. The molecule has 1 fully saturated rings. The van der Waals surface area contributed by atoms with E-state index in [-0.39, 0.29) is 11.3 Å². The van der Waals surface area contributed by atoms with Crippen molar-refractivity contribution in [1.29, 1.82) is 5.26 Å². The third kappa shape index (κ3) is 4.89. The van der Waals surface area contributed by atoms with Crippen LogP contribution in [0.3, 0.4) is 0 Å². The topological polar surface area (TPSA) is 99.7 Å². The summed E-state index contributed by atoms with van der Waals surface area (Å²) in [7, 11) is 1.27. The zero-order chi connectivity index (χ0) is 20.8. The van der Waals surface area contributed by atoms with Crippen molar-refractivity contribution in [3.63, 3.8) is 0 Å². The Morgan fingerprint density at radius 3 is 2.59 bits per heavy atom. The third-order valence-corrected chi connectivity index (χ3v) is 5.01. The van der Waals surface area contributed by atoms with Gasteiger partial charge >= 0.3 is 5.97 Å². The summed E-state index contributed by atoms with van der Waals surface area (Å²) >= 11 is 0. The van der Waals surface area contributed by atoms with E-state index in [9.17, 15) is 14.9 Å². The maximum Gasteiger partial charge on any atom is 0.340 e. The molecule has 0 aliphatic carbocycles. The van der Waals surface area contributed by atoms with Crippen LogP contribution in [0.1, 0.15) is 27.9 Å². The van der Waals surface area contributed by atoms with Gasteiger partial charge in [0.2, 0.25) is 0 Å². The fourth-order valence-corrected chi connectivity index (χ4v) is 3.50. The Labute approximate surface area is 169 Å². The number of ether oxygens (including phenoxy) is 1. The number of methoxy groups -OCH3 is 1. The number of carbonyl (C=O) groups excluding carboxylic acids is 1. The van der Waals surface area contributed by atoms with Gasteiger partial charge in [0.05, 0.1) is 34.9 Å². The Morgan fingerprint density at radius 1 is 1.17 bits per heavy atom. The van der Waals surface area contributed by atoms with Crippen LogP contribution in [-0.2, 0) is 11.3 Å². The highest BCUT2D eigenvalue weighted by Crippen LogP contribution is 2.27. The zero-order valence-corrected chi connectivity index (χ0v) is 16.2.